The molecule has 8 heteroatoms. The lowest BCUT2D eigenvalue weighted by Crippen LogP contribution is -2.60. The Morgan fingerprint density at radius 2 is 2.00 bits per heavy atom. The maximum Gasteiger partial charge on any atom is 0.410 e. The largest absolute Gasteiger partial charge is 0.449 e. The summed E-state index contributed by atoms with van der Waals surface area (Å²) in [6, 6.07) is 7.50. The van der Waals surface area contributed by atoms with Gasteiger partial charge in [-0.2, -0.15) is 0 Å². The Kier molecular flexibility index (Phi) is 4.85. The SMILES string of the molecule is CC(C)(C)OC(=O)N1CCN(Cc2nc3c(oc4ccccc43)c(=O)[nH]2)C(C)(C)C1. The molecule has 0 saturated carbocycles. The molecular formula is C22H28N4O4. The molecule has 1 aliphatic rings. The third kappa shape index (κ3) is 3.92. The molecule has 0 spiro atoms. The number of amides is 1. The Hall–Kier alpha value is -2.87. The Labute approximate surface area is 174 Å². The van der Waals surface area contributed by atoms with Gasteiger partial charge in [-0.1, -0.05) is 12.1 Å². The van der Waals surface area contributed by atoms with Crippen LogP contribution in [0, 0.1) is 0 Å². The van der Waals surface area contributed by atoms with Crippen LogP contribution < -0.4 is 5.56 Å². The number of furan rings is 1. The number of hydrogen-bond acceptors (Lipinski definition) is 6. The Morgan fingerprint density at radius 1 is 1.27 bits per heavy atom. The second kappa shape index (κ2) is 7.12. The molecule has 160 valence electrons. The summed E-state index contributed by atoms with van der Waals surface area (Å²) in [6.45, 7) is 12.0. The normalized spacial score (nSPS) is 17.6. The number of benzene rings is 1. The van der Waals surface area contributed by atoms with Crippen molar-refractivity contribution in [3.8, 4) is 0 Å². The number of nitrogens with zero attached hydrogens (tertiary/aromatic N) is 3. The topological polar surface area (TPSA) is 91.7 Å². The summed E-state index contributed by atoms with van der Waals surface area (Å²) in [5.41, 5.74) is 0.361. The van der Waals surface area contributed by atoms with Gasteiger partial charge >= 0.3 is 6.09 Å². The van der Waals surface area contributed by atoms with Gasteiger partial charge in [-0.3, -0.25) is 9.69 Å². The van der Waals surface area contributed by atoms with Crippen molar-refractivity contribution < 1.29 is 13.9 Å². The zero-order chi connectivity index (χ0) is 21.7. The van der Waals surface area contributed by atoms with Crippen LogP contribution in [0.3, 0.4) is 0 Å². The number of piperazine rings is 1. The van der Waals surface area contributed by atoms with Crippen LogP contribution in [0.2, 0.25) is 0 Å². The van der Waals surface area contributed by atoms with Gasteiger partial charge in [-0.05, 0) is 46.8 Å². The van der Waals surface area contributed by atoms with Gasteiger partial charge in [-0.25, -0.2) is 9.78 Å². The molecule has 4 rings (SSSR count). The van der Waals surface area contributed by atoms with E-state index in [9.17, 15) is 9.59 Å². The fourth-order valence-electron chi connectivity index (χ4n) is 3.87. The Morgan fingerprint density at radius 3 is 2.70 bits per heavy atom. The van der Waals surface area contributed by atoms with Gasteiger partial charge < -0.3 is 19.0 Å². The molecule has 1 fully saturated rings. The Bertz CT molecular complexity index is 1160. The summed E-state index contributed by atoms with van der Waals surface area (Å²) in [5.74, 6) is 0.581. The number of hydrogen-bond donors (Lipinski definition) is 1. The highest BCUT2D eigenvalue weighted by Gasteiger charge is 2.37. The van der Waals surface area contributed by atoms with E-state index in [1.165, 1.54) is 0 Å². The molecular weight excluding hydrogens is 384 g/mol. The molecule has 0 bridgehead atoms. The van der Waals surface area contributed by atoms with E-state index in [-0.39, 0.29) is 22.8 Å². The summed E-state index contributed by atoms with van der Waals surface area (Å²) >= 11 is 0. The van der Waals surface area contributed by atoms with Crippen LogP contribution in [-0.2, 0) is 11.3 Å². The van der Waals surface area contributed by atoms with Crippen molar-refractivity contribution >= 4 is 28.2 Å². The van der Waals surface area contributed by atoms with Crippen LogP contribution in [0.15, 0.2) is 33.5 Å². The van der Waals surface area contributed by atoms with Crippen molar-refractivity contribution in [3.63, 3.8) is 0 Å². The van der Waals surface area contributed by atoms with Crippen molar-refractivity contribution in [3.05, 3.63) is 40.4 Å². The van der Waals surface area contributed by atoms with Gasteiger partial charge in [0, 0.05) is 30.6 Å². The third-order valence-corrected chi connectivity index (χ3v) is 5.35. The number of fused-ring (bicyclic) bond motifs is 3. The summed E-state index contributed by atoms with van der Waals surface area (Å²) in [7, 11) is 0. The first-order chi connectivity index (χ1) is 14.0. The Balaban J connectivity index is 1.56. The number of aromatic amines is 1. The van der Waals surface area contributed by atoms with Crippen molar-refractivity contribution in [2.75, 3.05) is 19.6 Å². The molecule has 3 heterocycles. The molecule has 1 saturated heterocycles. The minimum Gasteiger partial charge on any atom is -0.449 e. The molecule has 1 amide bonds. The van der Waals surface area contributed by atoms with E-state index in [0.717, 1.165) is 5.39 Å². The number of carbonyl (C=O) groups is 1. The number of aromatic nitrogens is 2. The first kappa shape index (κ1) is 20.4. The van der Waals surface area contributed by atoms with Crippen LogP contribution in [0.1, 0.15) is 40.4 Å². The van der Waals surface area contributed by atoms with Crippen LogP contribution in [0.25, 0.3) is 22.1 Å². The fraction of sp³-hybridized carbons (Fsp3) is 0.500. The maximum absolute atomic E-state index is 12.6. The standard InChI is InChI=1S/C22H28N4O4/c1-21(2,3)30-20(28)25-10-11-26(22(4,5)13-25)12-16-23-17-14-8-6-7-9-15(14)29-18(17)19(27)24-16/h6-9H,10-13H2,1-5H3,(H,23,24,27). The molecule has 0 atom stereocenters. The predicted molar refractivity (Wildman–Crippen MR) is 114 cm³/mol. The summed E-state index contributed by atoms with van der Waals surface area (Å²) in [5, 5.41) is 0.828. The molecule has 3 aromatic rings. The first-order valence-electron chi connectivity index (χ1n) is 10.2. The molecule has 1 N–H and O–H groups in total. The lowest BCUT2D eigenvalue weighted by molar-refractivity contribution is -0.0184. The van der Waals surface area contributed by atoms with Crippen molar-refractivity contribution in [1.82, 2.24) is 19.8 Å². The number of para-hydroxylation sites is 1. The van der Waals surface area contributed by atoms with Gasteiger partial charge in [0.2, 0.25) is 5.58 Å². The molecule has 0 unspecified atom stereocenters. The molecule has 2 aromatic heterocycles. The van der Waals surface area contributed by atoms with E-state index in [1.54, 1.807) is 4.90 Å². The number of H-pyrrole nitrogens is 1. The smallest absolute Gasteiger partial charge is 0.410 e. The monoisotopic (exact) mass is 412 g/mol. The number of carbonyl (C=O) groups excluding carboxylic acids is 1. The molecule has 0 aliphatic carbocycles. The summed E-state index contributed by atoms with van der Waals surface area (Å²) in [6.07, 6.45) is -0.298. The quantitative estimate of drug-likeness (QED) is 0.693. The van der Waals surface area contributed by atoms with E-state index in [1.807, 2.05) is 45.0 Å². The minimum absolute atomic E-state index is 0.244. The maximum atomic E-state index is 12.6. The highest BCUT2D eigenvalue weighted by Crippen LogP contribution is 2.27. The highest BCUT2D eigenvalue weighted by atomic mass is 16.6. The van der Waals surface area contributed by atoms with Crippen LogP contribution >= 0.6 is 0 Å². The zero-order valence-corrected chi connectivity index (χ0v) is 18.1. The van der Waals surface area contributed by atoms with Crippen molar-refractivity contribution in [1.29, 1.82) is 0 Å². The summed E-state index contributed by atoms with van der Waals surface area (Å²) in [4.78, 5) is 36.5. The van der Waals surface area contributed by atoms with Crippen LogP contribution in [0.5, 0.6) is 0 Å². The predicted octanol–water partition coefficient (Wildman–Crippen LogP) is 3.50. The first-order valence-corrected chi connectivity index (χ1v) is 10.2. The number of ether oxygens (including phenoxy) is 1. The minimum atomic E-state index is -0.523. The molecule has 1 aromatic carbocycles. The van der Waals surface area contributed by atoms with Crippen LogP contribution in [-0.4, -0.2) is 56.6 Å². The number of rotatable bonds is 2. The average molecular weight is 412 g/mol. The lowest BCUT2D eigenvalue weighted by Gasteiger charge is -2.46. The fourth-order valence-corrected chi connectivity index (χ4v) is 3.87. The van der Waals surface area contributed by atoms with Crippen molar-refractivity contribution in [2.45, 2.75) is 52.3 Å². The second-order valence-electron chi connectivity index (χ2n) is 9.42. The lowest BCUT2D eigenvalue weighted by atomic mass is 9.99. The summed E-state index contributed by atoms with van der Waals surface area (Å²) < 4.78 is 11.2. The molecule has 0 radical (unpaired) electrons. The van der Waals surface area contributed by atoms with Crippen molar-refractivity contribution in [2.24, 2.45) is 0 Å². The highest BCUT2D eigenvalue weighted by molar-refractivity contribution is 6.01. The van der Waals surface area contributed by atoms with E-state index in [4.69, 9.17) is 14.1 Å². The molecule has 8 nitrogen and oxygen atoms in total. The van der Waals surface area contributed by atoms with E-state index in [2.05, 4.69) is 23.7 Å². The van der Waals surface area contributed by atoms with E-state index >= 15 is 0 Å². The van der Waals surface area contributed by atoms with E-state index in [0.29, 0.717) is 43.1 Å². The zero-order valence-electron chi connectivity index (χ0n) is 18.1. The number of nitrogens with one attached hydrogen (secondary N) is 1. The van der Waals surface area contributed by atoms with Gasteiger partial charge in [0.25, 0.3) is 5.56 Å². The van der Waals surface area contributed by atoms with Gasteiger partial charge in [0.1, 0.15) is 22.5 Å². The molecule has 30 heavy (non-hydrogen) atoms. The van der Waals surface area contributed by atoms with Gasteiger partial charge in [-0.15, -0.1) is 0 Å². The van der Waals surface area contributed by atoms with Gasteiger partial charge in [0.05, 0.1) is 6.54 Å². The van der Waals surface area contributed by atoms with Crippen LogP contribution in [0.4, 0.5) is 4.79 Å². The molecule has 1 aliphatic heterocycles. The van der Waals surface area contributed by atoms with Gasteiger partial charge in [0.15, 0.2) is 0 Å². The van der Waals surface area contributed by atoms with E-state index < -0.39 is 5.60 Å². The third-order valence-electron chi connectivity index (χ3n) is 5.35. The average Bonchev–Trinajstić information content (AvgIpc) is 3.01. The second-order valence-corrected chi connectivity index (χ2v) is 9.42.